The summed E-state index contributed by atoms with van der Waals surface area (Å²) in [7, 11) is 0. The van der Waals surface area contributed by atoms with Crippen LogP contribution in [-0.4, -0.2) is 52.4 Å². The van der Waals surface area contributed by atoms with Gasteiger partial charge >= 0.3 is 5.97 Å². The van der Waals surface area contributed by atoms with Gasteiger partial charge in [-0.1, -0.05) is 68.6 Å². The summed E-state index contributed by atoms with van der Waals surface area (Å²) in [5.74, 6) is -0.526. The number of carboxylic acid groups (broad SMARTS) is 1. The SMILES string of the molecule is CC.CCCCN(Cc1ccc(OCCN2C(=O)CCC2=O)c(C)c1)C(CC(=O)O)c1ccc(Cl)cc1Cl. The van der Waals surface area contributed by atoms with E-state index in [1.54, 1.807) is 18.2 Å². The Bertz CT molecular complexity index is 1090. The van der Waals surface area contributed by atoms with Crippen molar-refractivity contribution in [2.45, 2.75) is 72.4 Å². The fourth-order valence-corrected chi connectivity index (χ4v) is 4.94. The summed E-state index contributed by atoms with van der Waals surface area (Å²) in [6, 6.07) is 10.6. The number of imide groups is 1. The lowest BCUT2D eigenvalue weighted by atomic mass is 10.00. The van der Waals surface area contributed by atoms with Crippen LogP contribution in [0.3, 0.4) is 0 Å². The molecule has 1 fully saturated rings. The molecule has 1 aliphatic heterocycles. The number of carbonyl (C=O) groups excluding carboxylic acids is 2. The average molecular weight is 566 g/mol. The maximum absolute atomic E-state index is 11.8. The normalized spacial score (nSPS) is 13.9. The molecule has 1 unspecified atom stereocenters. The fraction of sp³-hybridized carbons (Fsp3) is 0.483. The van der Waals surface area contributed by atoms with Gasteiger partial charge in [0.2, 0.25) is 11.8 Å². The molecule has 1 aliphatic rings. The van der Waals surface area contributed by atoms with Crippen LogP contribution in [0.1, 0.15) is 75.6 Å². The van der Waals surface area contributed by atoms with Gasteiger partial charge in [-0.15, -0.1) is 0 Å². The third-order valence-electron chi connectivity index (χ3n) is 6.28. The number of hydrogen-bond donors (Lipinski definition) is 1. The number of amides is 2. The van der Waals surface area contributed by atoms with Crippen LogP contribution in [-0.2, 0) is 20.9 Å². The molecule has 3 rings (SSSR count). The monoisotopic (exact) mass is 564 g/mol. The van der Waals surface area contributed by atoms with E-state index in [9.17, 15) is 19.5 Å². The Kier molecular flexibility index (Phi) is 13.1. The molecule has 0 aromatic heterocycles. The van der Waals surface area contributed by atoms with E-state index in [1.807, 2.05) is 39.0 Å². The number of nitrogens with zero attached hydrogens (tertiary/aromatic N) is 2. The van der Waals surface area contributed by atoms with Gasteiger partial charge in [0, 0.05) is 35.5 Å². The van der Waals surface area contributed by atoms with Crippen molar-refractivity contribution in [2.24, 2.45) is 0 Å². The molecule has 208 valence electrons. The quantitative estimate of drug-likeness (QED) is 0.273. The van der Waals surface area contributed by atoms with Crippen molar-refractivity contribution < 1.29 is 24.2 Å². The summed E-state index contributed by atoms with van der Waals surface area (Å²) in [6.45, 7) is 9.75. The molecular formula is C29H38Cl2N2O5. The smallest absolute Gasteiger partial charge is 0.305 e. The number of aliphatic carboxylic acids is 1. The van der Waals surface area contributed by atoms with Gasteiger partial charge in [-0.2, -0.15) is 0 Å². The van der Waals surface area contributed by atoms with Gasteiger partial charge in [0.1, 0.15) is 12.4 Å². The Balaban J connectivity index is 0.00000247. The summed E-state index contributed by atoms with van der Waals surface area (Å²) in [5, 5.41) is 10.6. The van der Waals surface area contributed by atoms with Gasteiger partial charge in [0.15, 0.2) is 0 Å². The summed E-state index contributed by atoms with van der Waals surface area (Å²) >= 11 is 12.6. The second-order valence-corrected chi connectivity index (χ2v) is 9.83. The third-order valence-corrected chi connectivity index (χ3v) is 6.84. The molecule has 9 heteroatoms. The Morgan fingerprint density at radius 3 is 2.37 bits per heavy atom. The lowest BCUT2D eigenvalue weighted by Gasteiger charge is -2.32. The van der Waals surface area contributed by atoms with Crippen LogP contribution in [0, 0.1) is 6.92 Å². The third kappa shape index (κ3) is 9.00. The highest BCUT2D eigenvalue weighted by atomic mass is 35.5. The van der Waals surface area contributed by atoms with Gasteiger partial charge in [-0.3, -0.25) is 24.2 Å². The predicted octanol–water partition coefficient (Wildman–Crippen LogP) is 6.67. The van der Waals surface area contributed by atoms with Gasteiger partial charge in [-0.05, 0) is 54.8 Å². The van der Waals surface area contributed by atoms with Crippen LogP contribution in [0.25, 0.3) is 0 Å². The summed E-state index contributed by atoms with van der Waals surface area (Å²) in [4.78, 5) is 38.7. The second kappa shape index (κ2) is 15.7. The van der Waals surface area contributed by atoms with E-state index in [1.165, 1.54) is 4.90 Å². The van der Waals surface area contributed by atoms with Gasteiger partial charge < -0.3 is 9.84 Å². The zero-order chi connectivity index (χ0) is 28.2. The molecule has 38 heavy (non-hydrogen) atoms. The maximum Gasteiger partial charge on any atom is 0.305 e. The summed E-state index contributed by atoms with van der Waals surface area (Å²) < 4.78 is 5.85. The molecule has 0 spiro atoms. The number of unbranched alkanes of at least 4 members (excludes halogenated alkanes) is 1. The van der Waals surface area contributed by atoms with Gasteiger partial charge in [-0.25, -0.2) is 0 Å². The lowest BCUT2D eigenvalue weighted by molar-refractivity contribution is -0.140. The van der Waals surface area contributed by atoms with Crippen molar-refractivity contribution in [2.75, 3.05) is 19.7 Å². The number of aryl methyl sites for hydroxylation is 1. The summed E-state index contributed by atoms with van der Waals surface area (Å²) in [5.41, 5.74) is 2.67. The number of carboxylic acids is 1. The Hall–Kier alpha value is -2.61. The first kappa shape index (κ1) is 31.6. The molecule has 7 nitrogen and oxygen atoms in total. The molecule has 1 saturated heterocycles. The first-order valence-electron chi connectivity index (χ1n) is 13.2. The van der Waals surface area contributed by atoms with E-state index in [4.69, 9.17) is 27.9 Å². The Morgan fingerprint density at radius 1 is 1.11 bits per heavy atom. The first-order valence-corrected chi connectivity index (χ1v) is 13.9. The number of rotatable bonds is 13. The van der Waals surface area contributed by atoms with E-state index in [0.29, 0.717) is 28.9 Å². The summed E-state index contributed by atoms with van der Waals surface area (Å²) in [6.07, 6.45) is 2.34. The molecule has 1 N–H and O–H groups in total. The van der Waals surface area contributed by atoms with Crippen LogP contribution in [0.5, 0.6) is 5.75 Å². The minimum absolute atomic E-state index is 0.0841. The maximum atomic E-state index is 11.8. The predicted molar refractivity (Wildman–Crippen MR) is 151 cm³/mol. The first-order chi connectivity index (χ1) is 18.2. The van der Waals surface area contributed by atoms with Crippen LogP contribution < -0.4 is 4.74 Å². The highest BCUT2D eigenvalue weighted by Crippen LogP contribution is 2.34. The number of carbonyl (C=O) groups is 3. The van der Waals surface area contributed by atoms with Crippen LogP contribution in [0.4, 0.5) is 0 Å². The standard InChI is InChI=1S/C27H32Cl2N2O5.C2H6/c1-3-4-11-30(23(16-27(34)35)21-7-6-20(28)15-22(21)29)17-19-5-8-24(18(2)14-19)36-13-12-31-25(32)9-10-26(31)33;1-2/h5-8,14-15,23H,3-4,9-13,16-17H2,1-2H3,(H,34,35);1-2H3. The fourth-order valence-electron chi connectivity index (χ4n) is 4.40. The largest absolute Gasteiger partial charge is 0.491 e. The minimum Gasteiger partial charge on any atom is -0.491 e. The zero-order valence-corrected chi connectivity index (χ0v) is 24.1. The number of likely N-dealkylation sites (tertiary alicyclic amines) is 1. The molecule has 0 bridgehead atoms. The van der Waals surface area contributed by atoms with E-state index >= 15 is 0 Å². The number of hydrogen-bond acceptors (Lipinski definition) is 5. The molecule has 0 radical (unpaired) electrons. The minimum atomic E-state index is -0.901. The Labute approximate surface area is 235 Å². The lowest BCUT2D eigenvalue weighted by Crippen LogP contribution is -2.33. The van der Waals surface area contributed by atoms with Crippen LogP contribution >= 0.6 is 23.2 Å². The van der Waals surface area contributed by atoms with E-state index < -0.39 is 12.0 Å². The molecular weight excluding hydrogens is 527 g/mol. The van der Waals surface area contributed by atoms with Crippen molar-refractivity contribution in [3.05, 3.63) is 63.1 Å². The highest BCUT2D eigenvalue weighted by molar-refractivity contribution is 6.35. The van der Waals surface area contributed by atoms with Crippen LogP contribution in [0.2, 0.25) is 10.0 Å². The van der Waals surface area contributed by atoms with Crippen LogP contribution in [0.15, 0.2) is 36.4 Å². The highest BCUT2D eigenvalue weighted by Gasteiger charge is 2.28. The zero-order valence-electron chi connectivity index (χ0n) is 22.6. The van der Waals surface area contributed by atoms with Gasteiger partial charge in [0.05, 0.1) is 13.0 Å². The van der Waals surface area contributed by atoms with E-state index in [0.717, 1.165) is 29.5 Å². The number of benzene rings is 2. The van der Waals surface area contributed by atoms with Crippen molar-refractivity contribution in [1.29, 1.82) is 0 Å². The van der Waals surface area contributed by atoms with E-state index in [2.05, 4.69) is 11.8 Å². The number of ether oxygens (including phenoxy) is 1. The van der Waals surface area contributed by atoms with Crippen molar-refractivity contribution in [3.8, 4) is 5.75 Å². The Morgan fingerprint density at radius 2 is 1.79 bits per heavy atom. The molecule has 1 atom stereocenters. The molecule has 1 heterocycles. The van der Waals surface area contributed by atoms with E-state index in [-0.39, 0.29) is 44.2 Å². The molecule has 0 aliphatic carbocycles. The van der Waals surface area contributed by atoms with Crippen molar-refractivity contribution >= 4 is 41.0 Å². The molecule has 2 amide bonds. The topological polar surface area (TPSA) is 87.2 Å². The van der Waals surface area contributed by atoms with Gasteiger partial charge in [0.25, 0.3) is 0 Å². The molecule has 2 aromatic rings. The molecule has 0 saturated carbocycles. The average Bonchev–Trinajstić information content (AvgIpc) is 3.20. The molecule has 2 aromatic carbocycles. The number of halogens is 2. The van der Waals surface area contributed by atoms with Crippen molar-refractivity contribution in [1.82, 2.24) is 9.80 Å². The van der Waals surface area contributed by atoms with Crippen molar-refractivity contribution in [3.63, 3.8) is 0 Å². The second-order valence-electron chi connectivity index (χ2n) is 8.99.